The molecule has 2 N–H and O–H groups in total. The highest BCUT2D eigenvalue weighted by Crippen LogP contribution is 2.35. The largest absolute Gasteiger partial charge is 0.389 e. The molecule has 20 heavy (non-hydrogen) atoms. The van der Waals surface area contributed by atoms with Crippen molar-refractivity contribution in [2.75, 3.05) is 4.90 Å². The molecule has 104 valence electrons. The van der Waals surface area contributed by atoms with Crippen LogP contribution < -0.4 is 10.6 Å². The van der Waals surface area contributed by atoms with Gasteiger partial charge >= 0.3 is 0 Å². The van der Waals surface area contributed by atoms with E-state index in [9.17, 15) is 9.59 Å². The Morgan fingerprint density at radius 2 is 1.90 bits per heavy atom. The highest BCUT2D eigenvalue weighted by atomic mass is 35.5. The highest BCUT2D eigenvalue weighted by Gasteiger charge is 2.47. The van der Waals surface area contributed by atoms with Crippen LogP contribution in [0, 0.1) is 0 Å². The van der Waals surface area contributed by atoms with Crippen LogP contribution in [0.15, 0.2) is 18.2 Å². The van der Waals surface area contributed by atoms with Crippen molar-refractivity contribution < 1.29 is 14.3 Å². The van der Waals surface area contributed by atoms with Crippen LogP contribution in [0.3, 0.4) is 0 Å². The molecule has 2 fully saturated rings. The molecule has 2 atom stereocenters. The molecule has 1 aromatic rings. The van der Waals surface area contributed by atoms with E-state index in [0.29, 0.717) is 24.1 Å². The van der Waals surface area contributed by atoms with Crippen LogP contribution in [0.1, 0.15) is 18.4 Å². The molecule has 1 aromatic carbocycles. The van der Waals surface area contributed by atoms with Crippen molar-refractivity contribution in [3.63, 3.8) is 0 Å². The number of imide groups is 1. The molecule has 2 aliphatic rings. The fourth-order valence-corrected chi connectivity index (χ4v) is 2.87. The quantitative estimate of drug-likeness (QED) is 0.660. The number of anilines is 1. The average molecular weight is 311 g/mol. The van der Waals surface area contributed by atoms with Gasteiger partial charge in [0.1, 0.15) is 17.2 Å². The SMILES string of the molecule is NC(=S)c1ccc(N2C(=O)C3CCC(O3)C2=O)c(Cl)c1. The van der Waals surface area contributed by atoms with Crippen LogP contribution >= 0.6 is 23.8 Å². The van der Waals surface area contributed by atoms with Crippen LogP contribution in [0.4, 0.5) is 5.69 Å². The van der Waals surface area contributed by atoms with Gasteiger partial charge < -0.3 is 10.5 Å². The number of morpholine rings is 1. The smallest absolute Gasteiger partial charge is 0.263 e. The predicted molar refractivity (Wildman–Crippen MR) is 77.7 cm³/mol. The number of benzene rings is 1. The maximum atomic E-state index is 12.2. The monoisotopic (exact) mass is 310 g/mol. The summed E-state index contributed by atoms with van der Waals surface area (Å²) in [4.78, 5) is 25.8. The number of carbonyl (C=O) groups is 2. The van der Waals surface area contributed by atoms with Crippen molar-refractivity contribution in [2.24, 2.45) is 5.73 Å². The molecule has 0 saturated carbocycles. The maximum absolute atomic E-state index is 12.2. The van der Waals surface area contributed by atoms with Gasteiger partial charge in [-0.05, 0) is 31.0 Å². The average Bonchev–Trinajstić information content (AvgIpc) is 2.85. The topological polar surface area (TPSA) is 72.6 Å². The highest BCUT2D eigenvalue weighted by molar-refractivity contribution is 7.80. The Balaban J connectivity index is 2.02. The molecule has 5 nitrogen and oxygen atoms in total. The number of ether oxygens (including phenoxy) is 1. The van der Waals surface area contributed by atoms with Gasteiger partial charge in [-0.1, -0.05) is 23.8 Å². The summed E-state index contributed by atoms with van der Waals surface area (Å²) in [5.41, 5.74) is 6.46. The summed E-state index contributed by atoms with van der Waals surface area (Å²) < 4.78 is 5.35. The lowest BCUT2D eigenvalue weighted by Gasteiger charge is -2.30. The van der Waals surface area contributed by atoms with Gasteiger partial charge in [0.05, 0.1) is 10.7 Å². The van der Waals surface area contributed by atoms with Crippen LogP contribution in [0.5, 0.6) is 0 Å². The zero-order valence-electron chi connectivity index (χ0n) is 10.3. The molecular formula is C13H11ClN2O3S. The molecule has 3 rings (SSSR count). The van der Waals surface area contributed by atoms with Crippen LogP contribution in [-0.4, -0.2) is 29.0 Å². The van der Waals surface area contributed by atoms with E-state index in [0.717, 1.165) is 4.90 Å². The first kappa shape index (κ1) is 13.5. The second-order valence-electron chi connectivity index (χ2n) is 4.73. The van der Waals surface area contributed by atoms with E-state index in [2.05, 4.69) is 0 Å². The molecule has 7 heteroatoms. The second-order valence-corrected chi connectivity index (χ2v) is 5.58. The normalized spacial score (nSPS) is 25.1. The van der Waals surface area contributed by atoms with E-state index >= 15 is 0 Å². The van der Waals surface area contributed by atoms with Gasteiger partial charge in [0.25, 0.3) is 11.8 Å². The third-order valence-electron chi connectivity index (χ3n) is 3.48. The van der Waals surface area contributed by atoms with Gasteiger partial charge in [0, 0.05) is 5.56 Å². The predicted octanol–water partition coefficient (Wildman–Crippen LogP) is 1.39. The number of fused-ring (bicyclic) bond motifs is 2. The molecule has 0 aliphatic carbocycles. The van der Waals surface area contributed by atoms with Gasteiger partial charge in [-0.15, -0.1) is 0 Å². The van der Waals surface area contributed by atoms with Gasteiger partial charge in [0.2, 0.25) is 0 Å². The Morgan fingerprint density at radius 1 is 1.30 bits per heavy atom. The lowest BCUT2D eigenvalue weighted by atomic mass is 10.1. The number of halogens is 1. The number of hydrogen-bond donors (Lipinski definition) is 1. The first-order valence-corrected chi connectivity index (χ1v) is 6.90. The van der Waals surface area contributed by atoms with Crippen molar-refractivity contribution in [1.29, 1.82) is 0 Å². The lowest BCUT2D eigenvalue weighted by Crippen LogP contribution is -2.52. The standard InChI is InChI=1S/C13H11ClN2O3S/c14-7-5-6(11(15)20)1-2-8(7)16-12(17)9-3-4-10(19-9)13(16)18/h1-2,5,9-10H,3-4H2,(H2,15,20). The number of amides is 2. The van der Waals surface area contributed by atoms with Crippen LogP contribution in [0.25, 0.3) is 0 Å². The Morgan fingerprint density at radius 3 is 2.40 bits per heavy atom. The van der Waals surface area contributed by atoms with E-state index in [1.807, 2.05) is 0 Å². The summed E-state index contributed by atoms with van der Waals surface area (Å²) in [5, 5.41) is 0.262. The fraction of sp³-hybridized carbons (Fsp3) is 0.308. The number of carbonyl (C=O) groups excluding carboxylic acids is 2. The maximum Gasteiger partial charge on any atom is 0.263 e. The zero-order chi connectivity index (χ0) is 14.4. The molecule has 0 radical (unpaired) electrons. The molecule has 0 aromatic heterocycles. The van der Waals surface area contributed by atoms with Gasteiger partial charge in [-0.25, -0.2) is 4.90 Å². The van der Waals surface area contributed by atoms with Crippen molar-refractivity contribution in [2.45, 2.75) is 25.0 Å². The summed E-state index contributed by atoms with van der Waals surface area (Å²) in [6.45, 7) is 0. The molecule has 2 heterocycles. The number of nitrogens with zero attached hydrogens (tertiary/aromatic N) is 1. The first-order chi connectivity index (χ1) is 9.49. The van der Waals surface area contributed by atoms with Crippen molar-refractivity contribution in [3.8, 4) is 0 Å². The number of nitrogens with two attached hydrogens (primary N) is 1. The van der Waals surface area contributed by atoms with Crippen LogP contribution in [-0.2, 0) is 14.3 Å². The molecule has 2 aliphatic heterocycles. The Labute approximate surface area is 125 Å². The minimum Gasteiger partial charge on any atom is -0.389 e. The second kappa shape index (κ2) is 4.80. The number of rotatable bonds is 2. The van der Waals surface area contributed by atoms with Gasteiger partial charge in [-0.3, -0.25) is 9.59 Å². The van der Waals surface area contributed by atoms with E-state index < -0.39 is 12.2 Å². The van der Waals surface area contributed by atoms with Crippen molar-refractivity contribution in [1.82, 2.24) is 0 Å². The lowest BCUT2D eigenvalue weighted by molar-refractivity contribution is -0.146. The van der Waals surface area contributed by atoms with E-state index in [1.165, 1.54) is 0 Å². The van der Waals surface area contributed by atoms with Crippen molar-refractivity contribution >= 4 is 46.3 Å². The van der Waals surface area contributed by atoms with Gasteiger partial charge in [0.15, 0.2) is 0 Å². The summed E-state index contributed by atoms with van der Waals surface area (Å²) in [6, 6.07) is 4.77. The van der Waals surface area contributed by atoms with Gasteiger partial charge in [-0.2, -0.15) is 0 Å². The third kappa shape index (κ3) is 2.00. The van der Waals surface area contributed by atoms with E-state index in [4.69, 9.17) is 34.3 Å². The fourth-order valence-electron chi connectivity index (χ4n) is 2.48. The van der Waals surface area contributed by atoms with E-state index in [-0.39, 0.29) is 21.8 Å². The summed E-state index contributed by atoms with van der Waals surface area (Å²) in [7, 11) is 0. The van der Waals surface area contributed by atoms with Crippen molar-refractivity contribution in [3.05, 3.63) is 28.8 Å². The number of hydrogen-bond acceptors (Lipinski definition) is 4. The molecular weight excluding hydrogens is 300 g/mol. The first-order valence-electron chi connectivity index (χ1n) is 6.11. The summed E-state index contributed by atoms with van der Waals surface area (Å²) in [6.07, 6.45) is 0.0240. The minimum absolute atomic E-state index is 0.207. The summed E-state index contributed by atoms with van der Waals surface area (Å²) >= 11 is 11.0. The molecule has 2 amide bonds. The number of thiocarbonyl (C=S) groups is 1. The van der Waals surface area contributed by atoms with Crippen LogP contribution in [0.2, 0.25) is 5.02 Å². The van der Waals surface area contributed by atoms with E-state index in [1.54, 1.807) is 18.2 Å². The summed E-state index contributed by atoms with van der Waals surface area (Å²) in [5.74, 6) is -0.734. The third-order valence-corrected chi connectivity index (χ3v) is 4.02. The minimum atomic E-state index is -0.552. The molecule has 2 saturated heterocycles. The zero-order valence-corrected chi connectivity index (χ0v) is 11.9. The molecule has 2 unspecified atom stereocenters. The Hall–Kier alpha value is -1.50. The molecule has 0 spiro atoms. The Kier molecular flexibility index (Phi) is 3.24. The Bertz CT molecular complexity index is 612. The molecule has 2 bridgehead atoms.